The minimum atomic E-state index is 0.620. The van der Waals surface area contributed by atoms with E-state index in [2.05, 4.69) is 55.5 Å². The molecule has 1 atom stereocenters. The lowest BCUT2D eigenvalue weighted by Gasteiger charge is -2.21. The Balaban J connectivity index is 1.67. The summed E-state index contributed by atoms with van der Waals surface area (Å²) in [5.74, 6) is 0.620. The van der Waals surface area contributed by atoms with Gasteiger partial charge >= 0.3 is 0 Å². The number of allylic oxidation sites excluding steroid dienone is 1. The van der Waals surface area contributed by atoms with E-state index in [1.165, 1.54) is 61.3 Å². The second-order valence-electron chi connectivity index (χ2n) is 6.31. The molecule has 0 saturated heterocycles. The summed E-state index contributed by atoms with van der Waals surface area (Å²) in [6, 6.07) is 13.4. The van der Waals surface area contributed by atoms with Gasteiger partial charge in [0.15, 0.2) is 0 Å². The predicted molar refractivity (Wildman–Crippen MR) is 93.7 cm³/mol. The molecular formula is C21H26. The smallest absolute Gasteiger partial charge is 0.00276 e. The van der Waals surface area contributed by atoms with Gasteiger partial charge in [-0.25, -0.2) is 0 Å². The van der Waals surface area contributed by atoms with Crippen molar-refractivity contribution in [2.75, 3.05) is 0 Å². The Morgan fingerprint density at radius 1 is 0.857 bits per heavy atom. The summed E-state index contributed by atoms with van der Waals surface area (Å²) in [5, 5.41) is 2.88. The van der Waals surface area contributed by atoms with Crippen LogP contribution in [0.5, 0.6) is 0 Å². The fourth-order valence-corrected chi connectivity index (χ4v) is 3.57. The average molecular weight is 278 g/mol. The van der Waals surface area contributed by atoms with Gasteiger partial charge in [-0.15, -0.1) is 0 Å². The number of hydrogen-bond acceptors (Lipinski definition) is 0. The van der Waals surface area contributed by atoms with Gasteiger partial charge in [0.25, 0.3) is 0 Å². The van der Waals surface area contributed by atoms with Crippen LogP contribution in [0.15, 0.2) is 42.5 Å². The molecule has 1 aliphatic carbocycles. The minimum Gasteiger partial charge on any atom is -0.0764 e. The molecule has 3 rings (SSSR count). The number of unbranched alkanes of at least 4 members (excludes halogenated alkanes) is 5. The maximum atomic E-state index is 2.42. The Hall–Kier alpha value is -1.56. The Morgan fingerprint density at radius 3 is 2.48 bits per heavy atom. The Kier molecular flexibility index (Phi) is 4.75. The van der Waals surface area contributed by atoms with Crippen LogP contribution in [0.2, 0.25) is 0 Å². The molecule has 0 radical (unpaired) electrons. The number of hydrogen-bond donors (Lipinski definition) is 0. The zero-order valence-corrected chi connectivity index (χ0v) is 13.1. The second kappa shape index (κ2) is 6.93. The van der Waals surface area contributed by atoms with E-state index in [4.69, 9.17) is 0 Å². The first-order valence-corrected chi connectivity index (χ1v) is 8.60. The van der Waals surface area contributed by atoms with Gasteiger partial charge < -0.3 is 0 Å². The van der Waals surface area contributed by atoms with Gasteiger partial charge in [-0.2, -0.15) is 0 Å². The Labute approximate surface area is 128 Å². The maximum Gasteiger partial charge on any atom is 0.00276 e. The monoisotopic (exact) mass is 278 g/mol. The van der Waals surface area contributed by atoms with Crippen LogP contribution in [-0.2, 0) is 0 Å². The van der Waals surface area contributed by atoms with E-state index in [-0.39, 0.29) is 0 Å². The first-order chi connectivity index (χ1) is 10.4. The van der Waals surface area contributed by atoms with Crippen LogP contribution in [0.25, 0.3) is 16.8 Å². The molecule has 0 bridgehead atoms. The van der Waals surface area contributed by atoms with Crippen molar-refractivity contribution in [3.63, 3.8) is 0 Å². The highest BCUT2D eigenvalue weighted by Gasteiger charge is 2.16. The van der Waals surface area contributed by atoms with Crippen molar-refractivity contribution in [2.24, 2.45) is 0 Å². The number of benzene rings is 2. The Morgan fingerprint density at radius 2 is 1.62 bits per heavy atom. The van der Waals surface area contributed by atoms with Crippen LogP contribution in [0.1, 0.15) is 68.9 Å². The van der Waals surface area contributed by atoms with Crippen LogP contribution in [-0.4, -0.2) is 0 Å². The van der Waals surface area contributed by atoms with E-state index in [0.717, 1.165) is 0 Å². The van der Waals surface area contributed by atoms with Crippen molar-refractivity contribution in [1.82, 2.24) is 0 Å². The largest absolute Gasteiger partial charge is 0.0764 e. The van der Waals surface area contributed by atoms with Crippen molar-refractivity contribution in [3.05, 3.63) is 53.6 Å². The predicted octanol–water partition coefficient (Wildman–Crippen LogP) is 6.70. The van der Waals surface area contributed by atoms with Crippen LogP contribution in [0.4, 0.5) is 0 Å². The summed E-state index contributed by atoms with van der Waals surface area (Å²) >= 11 is 0. The van der Waals surface area contributed by atoms with E-state index in [1.807, 2.05) is 0 Å². The maximum absolute atomic E-state index is 2.42. The normalized spacial score (nSPS) is 16.5. The van der Waals surface area contributed by atoms with Crippen molar-refractivity contribution in [1.29, 1.82) is 0 Å². The summed E-state index contributed by atoms with van der Waals surface area (Å²) in [6.45, 7) is 2.28. The molecule has 0 N–H and O–H groups in total. The lowest BCUT2D eigenvalue weighted by molar-refractivity contribution is 0.574. The second-order valence-corrected chi connectivity index (χ2v) is 6.31. The molecule has 0 nitrogen and oxygen atoms in total. The van der Waals surface area contributed by atoms with Crippen LogP contribution >= 0.6 is 0 Å². The van der Waals surface area contributed by atoms with E-state index in [9.17, 15) is 0 Å². The summed E-state index contributed by atoms with van der Waals surface area (Å²) < 4.78 is 0. The highest BCUT2D eigenvalue weighted by atomic mass is 14.2. The molecule has 1 aliphatic rings. The van der Waals surface area contributed by atoms with Gasteiger partial charge in [0.05, 0.1) is 0 Å². The third-order valence-electron chi connectivity index (χ3n) is 4.75. The molecule has 0 aromatic heterocycles. The zero-order chi connectivity index (χ0) is 14.5. The minimum absolute atomic E-state index is 0.620. The molecule has 0 aliphatic heterocycles. The van der Waals surface area contributed by atoms with Crippen LogP contribution in [0.3, 0.4) is 0 Å². The molecule has 0 heterocycles. The molecule has 0 fully saturated rings. The van der Waals surface area contributed by atoms with E-state index < -0.39 is 0 Å². The molecule has 21 heavy (non-hydrogen) atoms. The lowest BCUT2D eigenvalue weighted by Crippen LogP contribution is -2.01. The molecule has 1 unspecified atom stereocenters. The van der Waals surface area contributed by atoms with Gasteiger partial charge in [0.1, 0.15) is 0 Å². The number of rotatable bonds is 7. The summed E-state index contributed by atoms with van der Waals surface area (Å²) in [7, 11) is 0. The zero-order valence-electron chi connectivity index (χ0n) is 13.1. The summed E-state index contributed by atoms with van der Waals surface area (Å²) in [5.41, 5.74) is 2.93. The highest BCUT2D eigenvalue weighted by molar-refractivity contribution is 5.95. The van der Waals surface area contributed by atoms with Gasteiger partial charge in [-0.1, -0.05) is 94.0 Å². The SMILES string of the molecule is CCCCCCCCC1C=Cc2cccc3cccc1c23. The lowest BCUT2D eigenvalue weighted by atomic mass is 9.83. The van der Waals surface area contributed by atoms with Crippen molar-refractivity contribution in [3.8, 4) is 0 Å². The molecule has 2 aromatic carbocycles. The van der Waals surface area contributed by atoms with Crippen molar-refractivity contribution in [2.45, 2.75) is 57.8 Å². The summed E-state index contributed by atoms with van der Waals surface area (Å²) in [4.78, 5) is 0. The van der Waals surface area contributed by atoms with Gasteiger partial charge in [-0.3, -0.25) is 0 Å². The van der Waals surface area contributed by atoms with Crippen molar-refractivity contribution >= 4 is 16.8 Å². The average Bonchev–Trinajstić information content (AvgIpc) is 2.53. The fraction of sp³-hybridized carbons (Fsp3) is 0.429. The first kappa shape index (κ1) is 14.4. The van der Waals surface area contributed by atoms with E-state index >= 15 is 0 Å². The first-order valence-electron chi connectivity index (χ1n) is 8.60. The highest BCUT2D eigenvalue weighted by Crippen LogP contribution is 2.37. The standard InChI is InChI=1S/C21H26/c1-2-3-4-5-6-7-10-17-15-16-19-12-8-11-18-13-9-14-20(17)21(18)19/h8-9,11-17H,2-7,10H2,1H3. The molecule has 0 saturated carbocycles. The van der Waals surface area contributed by atoms with Gasteiger partial charge in [0, 0.05) is 5.92 Å². The van der Waals surface area contributed by atoms with Gasteiger partial charge in [-0.05, 0) is 28.3 Å². The Bertz CT molecular complexity index is 616. The van der Waals surface area contributed by atoms with Crippen LogP contribution < -0.4 is 0 Å². The third kappa shape index (κ3) is 3.20. The topological polar surface area (TPSA) is 0 Å². The third-order valence-corrected chi connectivity index (χ3v) is 4.75. The quantitative estimate of drug-likeness (QED) is 0.494. The summed E-state index contributed by atoms with van der Waals surface area (Å²) in [6.07, 6.45) is 14.4. The molecule has 0 amide bonds. The molecular weight excluding hydrogens is 252 g/mol. The molecule has 2 aromatic rings. The van der Waals surface area contributed by atoms with E-state index in [0.29, 0.717) is 5.92 Å². The molecule has 110 valence electrons. The van der Waals surface area contributed by atoms with E-state index in [1.54, 1.807) is 5.56 Å². The van der Waals surface area contributed by atoms with Crippen LogP contribution in [0, 0.1) is 0 Å². The fourth-order valence-electron chi connectivity index (χ4n) is 3.57. The molecule has 0 heteroatoms. The van der Waals surface area contributed by atoms with Gasteiger partial charge in [0.2, 0.25) is 0 Å². The molecule has 0 spiro atoms. The van der Waals surface area contributed by atoms with Crippen molar-refractivity contribution < 1.29 is 0 Å².